The molecule has 2 unspecified atom stereocenters. The summed E-state index contributed by atoms with van der Waals surface area (Å²) in [7, 11) is 1.69. The van der Waals surface area contributed by atoms with Crippen LogP contribution in [0.5, 0.6) is 5.75 Å². The van der Waals surface area contributed by atoms with E-state index in [1.165, 1.54) is 25.9 Å². The van der Waals surface area contributed by atoms with Gasteiger partial charge < -0.3 is 14.5 Å². The summed E-state index contributed by atoms with van der Waals surface area (Å²) < 4.78 is 5.49. The number of methoxy groups -OCH3 is 1. The van der Waals surface area contributed by atoms with Crippen LogP contribution in [-0.4, -0.2) is 54.2 Å². The third-order valence-electron chi connectivity index (χ3n) is 4.51. The van der Waals surface area contributed by atoms with E-state index in [0.717, 1.165) is 24.4 Å². The highest BCUT2D eigenvalue weighted by molar-refractivity contribution is 8.01. The van der Waals surface area contributed by atoms with E-state index in [2.05, 4.69) is 11.0 Å². The second kappa shape index (κ2) is 6.92. The minimum atomic E-state index is 0.0218. The Morgan fingerprint density at radius 1 is 1.23 bits per heavy atom. The number of benzene rings is 1. The summed E-state index contributed by atoms with van der Waals surface area (Å²) in [5, 5.41) is 0.0924. The van der Waals surface area contributed by atoms with E-state index in [-0.39, 0.29) is 16.5 Å². The number of para-hydroxylation sites is 1. The van der Waals surface area contributed by atoms with Gasteiger partial charge in [0.1, 0.15) is 11.1 Å². The molecule has 0 aromatic heterocycles. The van der Waals surface area contributed by atoms with Crippen molar-refractivity contribution in [2.45, 2.75) is 30.4 Å². The van der Waals surface area contributed by atoms with Crippen LogP contribution in [-0.2, 0) is 4.79 Å². The van der Waals surface area contributed by atoms with Crippen molar-refractivity contribution in [3.63, 3.8) is 0 Å². The average Bonchev–Trinajstić information content (AvgIpc) is 3.15. The summed E-state index contributed by atoms with van der Waals surface area (Å²) in [5.41, 5.74) is 1.11. The van der Waals surface area contributed by atoms with Gasteiger partial charge in [-0.15, -0.1) is 11.8 Å². The van der Waals surface area contributed by atoms with Crippen LogP contribution in [0, 0.1) is 0 Å². The van der Waals surface area contributed by atoms with E-state index in [4.69, 9.17) is 4.74 Å². The summed E-state index contributed by atoms with van der Waals surface area (Å²) in [6.45, 7) is 6.13. The van der Waals surface area contributed by atoms with Gasteiger partial charge in [0, 0.05) is 18.7 Å². The molecule has 2 aliphatic rings. The summed E-state index contributed by atoms with van der Waals surface area (Å²) in [5.74, 6) is 1.12. The summed E-state index contributed by atoms with van der Waals surface area (Å²) in [6.07, 6.45) is 2.57. The number of carbonyl (C=O) groups excluding carboxylic acids is 1. The van der Waals surface area contributed by atoms with Crippen LogP contribution < -0.4 is 4.74 Å². The van der Waals surface area contributed by atoms with Crippen LogP contribution in [0.2, 0.25) is 0 Å². The standard InChI is InChI=1S/C17H24N2O2S/c1-13-16(20)19(12-11-18-9-5-6-10-18)17(22-13)14-7-3-4-8-15(14)21-2/h3-4,7-8,13,17H,5-6,9-12H2,1-2H3. The van der Waals surface area contributed by atoms with Crippen molar-refractivity contribution in [1.82, 2.24) is 9.80 Å². The molecular formula is C17H24N2O2S. The maximum atomic E-state index is 12.5. The molecule has 2 fully saturated rings. The molecule has 2 heterocycles. The molecule has 3 rings (SSSR count). The normalized spacial score (nSPS) is 25.9. The zero-order chi connectivity index (χ0) is 15.5. The smallest absolute Gasteiger partial charge is 0.236 e. The zero-order valence-electron chi connectivity index (χ0n) is 13.3. The Morgan fingerprint density at radius 3 is 2.68 bits per heavy atom. The van der Waals surface area contributed by atoms with Crippen molar-refractivity contribution in [3.05, 3.63) is 29.8 Å². The number of amides is 1. The Bertz CT molecular complexity index is 531. The number of thioether (sulfide) groups is 1. The number of hydrogen-bond acceptors (Lipinski definition) is 4. The minimum absolute atomic E-state index is 0.0218. The molecule has 4 nitrogen and oxygen atoms in total. The average molecular weight is 320 g/mol. The van der Waals surface area contributed by atoms with E-state index < -0.39 is 0 Å². The van der Waals surface area contributed by atoms with Crippen molar-refractivity contribution in [2.75, 3.05) is 33.3 Å². The van der Waals surface area contributed by atoms with Crippen molar-refractivity contribution in [3.8, 4) is 5.75 Å². The molecule has 2 atom stereocenters. The number of carbonyl (C=O) groups is 1. The van der Waals surface area contributed by atoms with Gasteiger partial charge in [-0.05, 0) is 38.9 Å². The molecule has 0 aliphatic carbocycles. The van der Waals surface area contributed by atoms with E-state index in [0.29, 0.717) is 0 Å². The molecule has 120 valence electrons. The highest BCUT2D eigenvalue weighted by Gasteiger charge is 2.39. The molecule has 0 saturated carbocycles. The summed E-state index contributed by atoms with van der Waals surface area (Å²) in [4.78, 5) is 17.0. The summed E-state index contributed by atoms with van der Waals surface area (Å²) >= 11 is 1.72. The van der Waals surface area contributed by atoms with E-state index in [9.17, 15) is 4.79 Å². The molecular weight excluding hydrogens is 296 g/mol. The van der Waals surface area contributed by atoms with Gasteiger partial charge in [0.15, 0.2) is 0 Å². The molecule has 1 aromatic carbocycles. The van der Waals surface area contributed by atoms with Crippen LogP contribution >= 0.6 is 11.8 Å². The van der Waals surface area contributed by atoms with E-state index in [1.807, 2.05) is 30.0 Å². The third-order valence-corrected chi connectivity index (χ3v) is 5.88. The molecule has 0 bridgehead atoms. The van der Waals surface area contributed by atoms with Gasteiger partial charge in [-0.2, -0.15) is 0 Å². The SMILES string of the molecule is COc1ccccc1C1SC(C)C(=O)N1CCN1CCCC1. The predicted molar refractivity (Wildman–Crippen MR) is 90.2 cm³/mol. The van der Waals surface area contributed by atoms with Gasteiger partial charge in [-0.25, -0.2) is 0 Å². The number of rotatable bonds is 5. The van der Waals surface area contributed by atoms with Crippen LogP contribution in [0.15, 0.2) is 24.3 Å². The van der Waals surface area contributed by atoms with Crippen LogP contribution in [0.4, 0.5) is 0 Å². The van der Waals surface area contributed by atoms with Gasteiger partial charge in [0.25, 0.3) is 0 Å². The Balaban J connectivity index is 1.76. The van der Waals surface area contributed by atoms with Crippen LogP contribution in [0.3, 0.4) is 0 Å². The lowest BCUT2D eigenvalue weighted by atomic mass is 10.1. The summed E-state index contributed by atoms with van der Waals surface area (Å²) in [6, 6.07) is 8.04. The zero-order valence-corrected chi connectivity index (χ0v) is 14.1. The fourth-order valence-corrected chi connectivity index (χ4v) is 4.60. The van der Waals surface area contributed by atoms with Gasteiger partial charge in [-0.3, -0.25) is 4.79 Å². The number of nitrogens with zero attached hydrogens (tertiary/aromatic N) is 2. The third kappa shape index (κ3) is 3.10. The fourth-order valence-electron chi connectivity index (χ4n) is 3.27. The van der Waals surface area contributed by atoms with Crippen molar-refractivity contribution in [2.24, 2.45) is 0 Å². The molecule has 2 saturated heterocycles. The van der Waals surface area contributed by atoms with E-state index in [1.54, 1.807) is 18.9 Å². The highest BCUT2D eigenvalue weighted by Crippen LogP contribution is 2.45. The number of ether oxygens (including phenoxy) is 1. The first-order chi connectivity index (χ1) is 10.7. The molecule has 0 spiro atoms. The maximum Gasteiger partial charge on any atom is 0.236 e. The van der Waals surface area contributed by atoms with Crippen LogP contribution in [0.1, 0.15) is 30.7 Å². The van der Waals surface area contributed by atoms with Gasteiger partial charge in [0.05, 0.1) is 12.4 Å². The number of hydrogen-bond donors (Lipinski definition) is 0. The van der Waals surface area contributed by atoms with Crippen molar-refractivity contribution < 1.29 is 9.53 Å². The minimum Gasteiger partial charge on any atom is -0.496 e. The molecule has 0 N–H and O–H groups in total. The topological polar surface area (TPSA) is 32.8 Å². The Morgan fingerprint density at radius 2 is 1.95 bits per heavy atom. The Kier molecular flexibility index (Phi) is 4.93. The molecule has 2 aliphatic heterocycles. The lowest BCUT2D eigenvalue weighted by molar-refractivity contribution is -0.130. The molecule has 1 amide bonds. The van der Waals surface area contributed by atoms with Crippen molar-refractivity contribution in [1.29, 1.82) is 0 Å². The maximum absolute atomic E-state index is 12.5. The van der Waals surface area contributed by atoms with Crippen LogP contribution in [0.25, 0.3) is 0 Å². The largest absolute Gasteiger partial charge is 0.496 e. The predicted octanol–water partition coefficient (Wildman–Crippen LogP) is 2.75. The molecule has 22 heavy (non-hydrogen) atoms. The van der Waals surface area contributed by atoms with Gasteiger partial charge >= 0.3 is 0 Å². The first kappa shape index (κ1) is 15.7. The quantitative estimate of drug-likeness (QED) is 0.835. The Hall–Kier alpha value is -1.20. The second-order valence-electron chi connectivity index (χ2n) is 5.95. The van der Waals surface area contributed by atoms with E-state index >= 15 is 0 Å². The van der Waals surface area contributed by atoms with Gasteiger partial charge in [0.2, 0.25) is 5.91 Å². The molecule has 5 heteroatoms. The lowest BCUT2D eigenvalue weighted by Gasteiger charge is -2.27. The monoisotopic (exact) mass is 320 g/mol. The fraction of sp³-hybridized carbons (Fsp3) is 0.588. The molecule has 0 radical (unpaired) electrons. The highest BCUT2D eigenvalue weighted by atomic mass is 32.2. The molecule has 1 aromatic rings. The van der Waals surface area contributed by atoms with Gasteiger partial charge in [-0.1, -0.05) is 18.2 Å². The van der Waals surface area contributed by atoms with Crippen molar-refractivity contribution >= 4 is 17.7 Å². The first-order valence-corrected chi connectivity index (χ1v) is 8.96. The lowest BCUT2D eigenvalue weighted by Crippen LogP contribution is -2.37. The second-order valence-corrected chi connectivity index (χ2v) is 7.38. The number of likely N-dealkylation sites (tertiary alicyclic amines) is 1. The Labute approximate surface area is 136 Å². The first-order valence-electron chi connectivity index (χ1n) is 8.02.